The maximum Gasteiger partial charge on any atom is 0.252 e. The van der Waals surface area contributed by atoms with Crippen LogP contribution in [0.3, 0.4) is 0 Å². The predicted molar refractivity (Wildman–Crippen MR) is 76.0 cm³/mol. The molecule has 2 saturated carbocycles. The molecular weight excluding hydrogens is 286 g/mol. The topological polar surface area (TPSA) is 85.6 Å². The summed E-state index contributed by atoms with van der Waals surface area (Å²) in [5.74, 6) is 0.508. The van der Waals surface area contributed by atoms with Gasteiger partial charge in [0.15, 0.2) is 6.10 Å². The number of rotatable bonds is 7. The van der Waals surface area contributed by atoms with Crippen LogP contribution < -0.4 is 10.6 Å². The Balaban J connectivity index is 1.27. The van der Waals surface area contributed by atoms with Gasteiger partial charge in [-0.3, -0.25) is 4.79 Å². The molecular formula is C15H21N3O4. The smallest absolute Gasteiger partial charge is 0.252 e. The van der Waals surface area contributed by atoms with Crippen molar-refractivity contribution in [1.29, 1.82) is 0 Å². The van der Waals surface area contributed by atoms with Crippen LogP contribution in [0.2, 0.25) is 0 Å². The Morgan fingerprint density at radius 3 is 2.91 bits per heavy atom. The number of carbonyl (C=O) groups is 1. The number of aromatic nitrogens is 1. The highest BCUT2D eigenvalue weighted by atomic mass is 16.7. The zero-order valence-electron chi connectivity index (χ0n) is 12.4. The number of nitrogens with zero attached hydrogens (tertiary/aromatic N) is 1. The third kappa shape index (κ3) is 3.16. The van der Waals surface area contributed by atoms with Crippen molar-refractivity contribution >= 4 is 5.91 Å². The average molecular weight is 307 g/mol. The highest BCUT2D eigenvalue weighted by molar-refractivity contribution is 5.82. The SMILES string of the molecule is O=C(NC1CC1)[C@@H]1OCO[C@H]1CNCc1conc1C1CC1. The Hall–Kier alpha value is -1.44. The molecule has 2 N–H and O–H groups in total. The fraction of sp³-hybridized carbons (Fsp3) is 0.733. The number of carbonyl (C=O) groups excluding carboxylic acids is 1. The summed E-state index contributed by atoms with van der Waals surface area (Å²) in [5.41, 5.74) is 2.17. The third-order valence-electron chi connectivity index (χ3n) is 4.35. The van der Waals surface area contributed by atoms with Crippen molar-refractivity contribution in [3.05, 3.63) is 17.5 Å². The molecule has 1 saturated heterocycles. The molecule has 2 atom stereocenters. The van der Waals surface area contributed by atoms with Crippen molar-refractivity contribution in [2.45, 2.75) is 56.4 Å². The van der Waals surface area contributed by atoms with E-state index in [9.17, 15) is 4.79 Å². The van der Waals surface area contributed by atoms with E-state index < -0.39 is 6.10 Å². The van der Waals surface area contributed by atoms with Crippen molar-refractivity contribution < 1.29 is 18.8 Å². The predicted octanol–water partition coefficient (Wildman–Crippen LogP) is 0.662. The Labute approximate surface area is 128 Å². The van der Waals surface area contributed by atoms with Crippen LogP contribution in [0.4, 0.5) is 0 Å². The Morgan fingerprint density at radius 2 is 2.14 bits per heavy atom. The van der Waals surface area contributed by atoms with Crippen LogP contribution in [0, 0.1) is 0 Å². The summed E-state index contributed by atoms with van der Waals surface area (Å²) in [6.45, 7) is 1.42. The molecule has 0 unspecified atom stereocenters. The van der Waals surface area contributed by atoms with Crippen LogP contribution in [-0.4, -0.2) is 42.7 Å². The molecule has 1 aromatic heterocycles. The van der Waals surface area contributed by atoms with E-state index in [4.69, 9.17) is 14.0 Å². The molecule has 0 bridgehead atoms. The first-order chi connectivity index (χ1) is 10.8. The standard InChI is InChI=1S/C15H21N3O4/c19-15(17-11-3-4-11)14-12(20-8-21-14)6-16-5-10-7-22-18-13(10)9-1-2-9/h7,9,11-12,14,16H,1-6,8H2,(H,17,19)/t12-,14+/m0/s1. The van der Waals surface area contributed by atoms with E-state index >= 15 is 0 Å². The van der Waals surface area contributed by atoms with Gasteiger partial charge in [0, 0.05) is 30.6 Å². The van der Waals surface area contributed by atoms with Crippen LogP contribution in [0.15, 0.2) is 10.8 Å². The number of hydrogen-bond acceptors (Lipinski definition) is 6. The van der Waals surface area contributed by atoms with Gasteiger partial charge in [0.2, 0.25) is 0 Å². The number of nitrogens with one attached hydrogen (secondary N) is 2. The van der Waals surface area contributed by atoms with Gasteiger partial charge in [-0.15, -0.1) is 0 Å². The van der Waals surface area contributed by atoms with Crippen LogP contribution >= 0.6 is 0 Å². The van der Waals surface area contributed by atoms with E-state index in [0.29, 0.717) is 25.0 Å². The van der Waals surface area contributed by atoms with E-state index in [-0.39, 0.29) is 18.8 Å². The fourth-order valence-corrected chi connectivity index (χ4v) is 2.76. The second-order valence-electron chi connectivity index (χ2n) is 6.32. The molecule has 7 nitrogen and oxygen atoms in total. The minimum atomic E-state index is -0.515. The molecule has 0 aromatic carbocycles. The first kappa shape index (κ1) is 14.2. The summed E-state index contributed by atoms with van der Waals surface area (Å²) in [5, 5.41) is 10.4. The quantitative estimate of drug-likeness (QED) is 0.770. The van der Waals surface area contributed by atoms with Gasteiger partial charge in [-0.05, 0) is 25.7 Å². The van der Waals surface area contributed by atoms with E-state index in [1.165, 1.54) is 12.8 Å². The molecule has 2 heterocycles. The molecule has 4 rings (SSSR count). The highest BCUT2D eigenvalue weighted by Gasteiger charge is 2.37. The zero-order valence-corrected chi connectivity index (χ0v) is 12.4. The van der Waals surface area contributed by atoms with Gasteiger partial charge >= 0.3 is 0 Å². The van der Waals surface area contributed by atoms with Gasteiger partial charge in [0.1, 0.15) is 19.2 Å². The second-order valence-corrected chi connectivity index (χ2v) is 6.32. The van der Waals surface area contributed by atoms with E-state index in [1.54, 1.807) is 6.26 Å². The summed E-state index contributed by atoms with van der Waals surface area (Å²) < 4.78 is 16.0. The summed E-state index contributed by atoms with van der Waals surface area (Å²) in [6.07, 6.45) is 5.47. The van der Waals surface area contributed by atoms with Gasteiger partial charge in [0.05, 0.1) is 5.69 Å². The van der Waals surface area contributed by atoms with Crippen molar-refractivity contribution in [2.75, 3.05) is 13.3 Å². The largest absolute Gasteiger partial charge is 0.364 e. The molecule has 1 aromatic rings. The van der Waals surface area contributed by atoms with Crippen LogP contribution in [-0.2, 0) is 20.8 Å². The molecule has 7 heteroatoms. The number of amides is 1. The van der Waals surface area contributed by atoms with Crippen LogP contribution in [0.1, 0.15) is 42.9 Å². The first-order valence-electron chi connectivity index (χ1n) is 7.98. The molecule has 3 fully saturated rings. The zero-order chi connectivity index (χ0) is 14.9. The van der Waals surface area contributed by atoms with Crippen LogP contribution in [0.5, 0.6) is 0 Å². The molecule has 22 heavy (non-hydrogen) atoms. The van der Waals surface area contributed by atoms with E-state index in [2.05, 4.69) is 15.8 Å². The molecule has 2 aliphatic carbocycles. The molecule has 1 amide bonds. The maximum atomic E-state index is 12.1. The van der Waals surface area contributed by atoms with Gasteiger partial charge in [-0.25, -0.2) is 0 Å². The lowest BCUT2D eigenvalue weighted by Crippen LogP contribution is -2.45. The van der Waals surface area contributed by atoms with Crippen molar-refractivity contribution in [3.63, 3.8) is 0 Å². The summed E-state index contributed by atoms with van der Waals surface area (Å²) in [7, 11) is 0. The van der Waals surface area contributed by atoms with Gasteiger partial charge in [-0.2, -0.15) is 0 Å². The fourth-order valence-electron chi connectivity index (χ4n) is 2.76. The second kappa shape index (κ2) is 5.98. The monoisotopic (exact) mass is 307 g/mol. The lowest BCUT2D eigenvalue weighted by atomic mass is 10.1. The minimum absolute atomic E-state index is 0.0598. The number of hydrogen-bond donors (Lipinski definition) is 2. The van der Waals surface area contributed by atoms with Gasteiger partial charge in [-0.1, -0.05) is 5.16 Å². The van der Waals surface area contributed by atoms with Crippen molar-refractivity contribution in [2.24, 2.45) is 0 Å². The highest BCUT2D eigenvalue weighted by Crippen LogP contribution is 2.40. The molecule has 3 aliphatic rings. The van der Waals surface area contributed by atoms with Gasteiger partial charge in [0.25, 0.3) is 5.91 Å². The Kier molecular flexibility index (Phi) is 3.85. The maximum absolute atomic E-state index is 12.1. The third-order valence-corrected chi connectivity index (χ3v) is 4.35. The molecule has 0 radical (unpaired) electrons. The lowest BCUT2D eigenvalue weighted by molar-refractivity contribution is -0.130. The van der Waals surface area contributed by atoms with E-state index in [1.807, 2.05) is 0 Å². The lowest BCUT2D eigenvalue weighted by Gasteiger charge is -2.17. The van der Waals surface area contributed by atoms with E-state index in [0.717, 1.165) is 24.1 Å². The normalized spacial score (nSPS) is 28.0. The van der Waals surface area contributed by atoms with Gasteiger partial charge < -0.3 is 24.6 Å². The van der Waals surface area contributed by atoms with Crippen LogP contribution in [0.25, 0.3) is 0 Å². The Bertz CT molecular complexity index is 539. The average Bonchev–Trinajstić information content (AvgIpc) is 3.43. The minimum Gasteiger partial charge on any atom is -0.364 e. The summed E-state index contributed by atoms with van der Waals surface area (Å²) in [4.78, 5) is 12.1. The van der Waals surface area contributed by atoms with Crippen molar-refractivity contribution in [1.82, 2.24) is 15.8 Å². The first-order valence-corrected chi connectivity index (χ1v) is 7.98. The molecule has 0 spiro atoms. The van der Waals surface area contributed by atoms with Crippen molar-refractivity contribution in [3.8, 4) is 0 Å². The Morgan fingerprint density at radius 1 is 1.27 bits per heavy atom. The summed E-state index contributed by atoms with van der Waals surface area (Å²) in [6, 6.07) is 0.336. The molecule has 1 aliphatic heterocycles. The number of ether oxygens (including phenoxy) is 2. The molecule has 120 valence electrons. The summed E-state index contributed by atoms with van der Waals surface area (Å²) >= 11 is 0.